The summed E-state index contributed by atoms with van der Waals surface area (Å²) >= 11 is 0. The molecular formula is C15H17NO5. The number of benzene rings is 1. The highest BCUT2D eigenvalue weighted by molar-refractivity contribution is 6.03. The maximum absolute atomic E-state index is 12.3. The third kappa shape index (κ3) is 3.04. The minimum absolute atomic E-state index is 0.131. The Morgan fingerprint density at radius 1 is 1.33 bits per heavy atom. The molecule has 1 aliphatic rings. The normalized spacial score (nSPS) is 21.8. The zero-order chi connectivity index (χ0) is 15.5. The predicted molar refractivity (Wildman–Crippen MR) is 73.9 cm³/mol. The molecule has 0 radical (unpaired) electrons. The van der Waals surface area contributed by atoms with Crippen LogP contribution in [-0.4, -0.2) is 30.0 Å². The Labute approximate surface area is 122 Å². The fourth-order valence-corrected chi connectivity index (χ4v) is 2.64. The number of carboxylic acid groups (broad SMARTS) is 1. The van der Waals surface area contributed by atoms with Crippen LogP contribution in [0.5, 0.6) is 5.75 Å². The smallest absolute Gasteiger partial charge is 0.303 e. The Hall–Kier alpha value is -2.37. The highest BCUT2D eigenvalue weighted by Gasteiger charge is 2.44. The Bertz CT molecular complexity index is 566. The molecular weight excluding hydrogens is 274 g/mol. The predicted octanol–water partition coefficient (Wildman–Crippen LogP) is 1.23. The molecule has 1 unspecified atom stereocenters. The summed E-state index contributed by atoms with van der Waals surface area (Å²) in [6.07, 6.45) is 0.552. The van der Waals surface area contributed by atoms with Crippen molar-refractivity contribution in [3.05, 3.63) is 29.8 Å². The van der Waals surface area contributed by atoms with Gasteiger partial charge in [0, 0.05) is 12.8 Å². The van der Waals surface area contributed by atoms with Crippen LogP contribution >= 0.6 is 0 Å². The number of nitrogens with one attached hydrogen (secondary N) is 1. The number of piperidine rings is 1. The van der Waals surface area contributed by atoms with Crippen molar-refractivity contribution in [1.29, 1.82) is 0 Å². The maximum atomic E-state index is 12.3. The molecule has 0 saturated carbocycles. The number of hydrogen-bond acceptors (Lipinski definition) is 4. The molecule has 1 aromatic rings. The molecule has 21 heavy (non-hydrogen) atoms. The van der Waals surface area contributed by atoms with E-state index in [0.29, 0.717) is 17.7 Å². The second-order valence-electron chi connectivity index (χ2n) is 5.08. The van der Waals surface area contributed by atoms with Gasteiger partial charge in [0.15, 0.2) is 0 Å². The highest BCUT2D eigenvalue weighted by Crippen LogP contribution is 2.37. The van der Waals surface area contributed by atoms with Crippen LogP contribution in [0.4, 0.5) is 0 Å². The first-order chi connectivity index (χ1) is 9.98. The third-order valence-corrected chi connectivity index (χ3v) is 3.87. The molecule has 1 fully saturated rings. The number of methoxy groups -OCH3 is 1. The van der Waals surface area contributed by atoms with E-state index in [9.17, 15) is 14.4 Å². The lowest BCUT2D eigenvalue weighted by Gasteiger charge is -2.35. The molecule has 0 aliphatic carbocycles. The van der Waals surface area contributed by atoms with Crippen molar-refractivity contribution in [1.82, 2.24) is 5.32 Å². The van der Waals surface area contributed by atoms with Crippen molar-refractivity contribution in [2.24, 2.45) is 0 Å². The number of amides is 2. The lowest BCUT2D eigenvalue weighted by Crippen LogP contribution is -2.51. The molecule has 6 nitrogen and oxygen atoms in total. The molecule has 6 heteroatoms. The van der Waals surface area contributed by atoms with E-state index in [2.05, 4.69) is 5.32 Å². The van der Waals surface area contributed by atoms with Crippen molar-refractivity contribution in [3.8, 4) is 5.75 Å². The molecule has 0 spiro atoms. The van der Waals surface area contributed by atoms with Crippen molar-refractivity contribution in [3.63, 3.8) is 0 Å². The van der Waals surface area contributed by atoms with Crippen molar-refractivity contribution in [2.75, 3.05) is 7.11 Å². The number of aliphatic carboxylic acids is 1. The summed E-state index contributed by atoms with van der Waals surface area (Å²) in [5.41, 5.74) is -0.270. The minimum atomic E-state index is -0.974. The first kappa shape index (κ1) is 15.0. The lowest BCUT2D eigenvalue weighted by atomic mass is 9.70. The van der Waals surface area contributed by atoms with E-state index in [4.69, 9.17) is 9.84 Å². The monoisotopic (exact) mass is 291 g/mol. The molecule has 1 aromatic carbocycles. The van der Waals surface area contributed by atoms with Crippen LogP contribution in [0.25, 0.3) is 0 Å². The Morgan fingerprint density at radius 2 is 2.00 bits per heavy atom. The van der Waals surface area contributed by atoms with E-state index in [1.54, 1.807) is 31.4 Å². The van der Waals surface area contributed by atoms with Gasteiger partial charge in [-0.25, -0.2) is 0 Å². The number of ether oxygens (including phenoxy) is 1. The van der Waals surface area contributed by atoms with Gasteiger partial charge in [0.05, 0.1) is 12.5 Å². The quantitative estimate of drug-likeness (QED) is 0.796. The fourth-order valence-electron chi connectivity index (χ4n) is 2.64. The summed E-state index contributed by atoms with van der Waals surface area (Å²) in [4.78, 5) is 34.6. The van der Waals surface area contributed by atoms with E-state index >= 15 is 0 Å². The van der Waals surface area contributed by atoms with Crippen LogP contribution in [-0.2, 0) is 19.8 Å². The van der Waals surface area contributed by atoms with E-state index in [1.165, 1.54) is 0 Å². The van der Waals surface area contributed by atoms with E-state index < -0.39 is 17.3 Å². The number of carbonyl (C=O) groups excluding carboxylic acids is 2. The van der Waals surface area contributed by atoms with Crippen LogP contribution in [0.2, 0.25) is 0 Å². The summed E-state index contributed by atoms with van der Waals surface area (Å²) in [6.45, 7) is 0. The van der Waals surface area contributed by atoms with Gasteiger partial charge in [-0.1, -0.05) is 12.1 Å². The third-order valence-electron chi connectivity index (χ3n) is 3.87. The topological polar surface area (TPSA) is 92.7 Å². The summed E-state index contributed by atoms with van der Waals surface area (Å²) in [6, 6.07) is 6.94. The zero-order valence-electron chi connectivity index (χ0n) is 11.7. The fraction of sp³-hybridized carbons (Fsp3) is 0.400. The molecule has 2 rings (SSSR count). The van der Waals surface area contributed by atoms with E-state index in [0.717, 1.165) is 0 Å². The molecule has 0 aromatic heterocycles. The standard InChI is InChI=1S/C15H17NO5/c1-21-11-4-2-10(3-5-11)15(9-7-13(18)19)8-6-12(17)16-14(15)20/h2-5H,6-9H2,1H3,(H,18,19)(H,16,17,20). The van der Waals surface area contributed by atoms with Gasteiger partial charge in [-0.2, -0.15) is 0 Å². The molecule has 2 N–H and O–H groups in total. The zero-order valence-corrected chi connectivity index (χ0v) is 11.7. The average Bonchev–Trinajstić information content (AvgIpc) is 2.47. The van der Waals surface area contributed by atoms with Crippen molar-refractivity contribution in [2.45, 2.75) is 31.1 Å². The Morgan fingerprint density at radius 3 is 2.52 bits per heavy atom. The van der Waals surface area contributed by atoms with Crippen LogP contribution in [0.1, 0.15) is 31.2 Å². The van der Waals surface area contributed by atoms with Crippen LogP contribution < -0.4 is 10.1 Å². The highest BCUT2D eigenvalue weighted by atomic mass is 16.5. The van der Waals surface area contributed by atoms with Crippen molar-refractivity contribution >= 4 is 17.8 Å². The number of imide groups is 1. The van der Waals surface area contributed by atoms with E-state index in [-0.39, 0.29) is 25.2 Å². The maximum Gasteiger partial charge on any atom is 0.303 e. The number of carboxylic acids is 1. The Balaban J connectivity index is 2.36. The molecule has 1 aliphatic heterocycles. The van der Waals surface area contributed by atoms with Gasteiger partial charge in [0.1, 0.15) is 5.75 Å². The molecule has 112 valence electrons. The first-order valence-electron chi connectivity index (χ1n) is 6.68. The average molecular weight is 291 g/mol. The second-order valence-corrected chi connectivity index (χ2v) is 5.08. The molecule has 1 heterocycles. The molecule has 1 saturated heterocycles. The second kappa shape index (κ2) is 5.95. The number of rotatable bonds is 5. The number of carbonyl (C=O) groups is 3. The molecule has 0 bridgehead atoms. The van der Waals surface area contributed by atoms with Crippen LogP contribution in [0, 0.1) is 0 Å². The van der Waals surface area contributed by atoms with Gasteiger partial charge < -0.3 is 9.84 Å². The van der Waals surface area contributed by atoms with Crippen molar-refractivity contribution < 1.29 is 24.2 Å². The van der Waals surface area contributed by atoms with Gasteiger partial charge in [-0.05, 0) is 30.5 Å². The summed E-state index contributed by atoms with van der Waals surface area (Å²) in [5.74, 6) is -1.06. The summed E-state index contributed by atoms with van der Waals surface area (Å²) < 4.78 is 5.08. The molecule has 1 atom stereocenters. The van der Waals surface area contributed by atoms with Gasteiger partial charge in [-0.3, -0.25) is 19.7 Å². The van der Waals surface area contributed by atoms with Gasteiger partial charge in [-0.15, -0.1) is 0 Å². The van der Waals surface area contributed by atoms with E-state index in [1.807, 2.05) is 0 Å². The summed E-state index contributed by atoms with van der Waals surface area (Å²) in [5, 5.41) is 11.2. The Kier molecular flexibility index (Phi) is 4.26. The van der Waals surface area contributed by atoms with Gasteiger partial charge in [0.2, 0.25) is 11.8 Å². The minimum Gasteiger partial charge on any atom is -0.497 e. The summed E-state index contributed by atoms with van der Waals surface area (Å²) in [7, 11) is 1.54. The number of hydrogen-bond donors (Lipinski definition) is 2. The van der Waals surface area contributed by atoms with Gasteiger partial charge >= 0.3 is 5.97 Å². The van der Waals surface area contributed by atoms with Crippen LogP contribution in [0.15, 0.2) is 24.3 Å². The first-order valence-corrected chi connectivity index (χ1v) is 6.68. The lowest BCUT2D eigenvalue weighted by molar-refractivity contribution is -0.139. The molecule has 2 amide bonds. The van der Waals surface area contributed by atoms with Crippen LogP contribution in [0.3, 0.4) is 0 Å². The SMILES string of the molecule is COc1ccc(C2(CCC(=O)O)CCC(=O)NC2=O)cc1. The van der Waals surface area contributed by atoms with Gasteiger partial charge in [0.25, 0.3) is 0 Å². The largest absolute Gasteiger partial charge is 0.497 e.